The molecule has 2 aromatic heterocycles. The Morgan fingerprint density at radius 2 is 2.00 bits per heavy atom. The molecule has 0 amide bonds. The van der Waals surface area contributed by atoms with Gasteiger partial charge < -0.3 is 18.7 Å². The molecule has 0 N–H and O–H groups in total. The number of nitrogens with zero attached hydrogens (tertiary/aromatic N) is 6. The molecule has 0 spiro atoms. The van der Waals surface area contributed by atoms with Crippen LogP contribution in [0.5, 0.6) is 0 Å². The van der Waals surface area contributed by atoms with E-state index in [-0.39, 0.29) is 0 Å². The van der Waals surface area contributed by atoms with Crippen molar-refractivity contribution in [2.24, 2.45) is 0 Å². The van der Waals surface area contributed by atoms with Crippen molar-refractivity contribution in [2.75, 3.05) is 31.1 Å². The first-order valence-electron chi connectivity index (χ1n) is 6.49. The third-order valence-corrected chi connectivity index (χ3v) is 3.87. The van der Waals surface area contributed by atoms with E-state index in [1.165, 1.54) is 6.39 Å². The van der Waals surface area contributed by atoms with E-state index in [4.69, 9.17) is 4.42 Å². The Kier molecular flexibility index (Phi) is 2.47. The highest BCUT2D eigenvalue weighted by atomic mass is 16.5. The topological polar surface area (TPSA) is 84.3 Å². The standard InChI is InChI=1S/C11H14N6O2/c1-3-16-4-2-8(1)17(6-5-16)11-14-13-10(19-11)9-12-7-18-15-9/h7-8H,1-6H2. The second-order valence-electron chi connectivity index (χ2n) is 4.91. The summed E-state index contributed by atoms with van der Waals surface area (Å²) in [4.78, 5) is 8.60. The first-order chi connectivity index (χ1) is 9.40. The van der Waals surface area contributed by atoms with Crippen molar-refractivity contribution >= 4 is 6.01 Å². The monoisotopic (exact) mass is 262 g/mol. The van der Waals surface area contributed by atoms with Gasteiger partial charge in [0.15, 0.2) is 0 Å². The van der Waals surface area contributed by atoms with Gasteiger partial charge in [0.25, 0.3) is 11.7 Å². The number of anilines is 1. The van der Waals surface area contributed by atoms with E-state index in [1.54, 1.807) is 0 Å². The lowest BCUT2D eigenvalue weighted by Crippen LogP contribution is -2.38. The van der Waals surface area contributed by atoms with Crippen molar-refractivity contribution in [3.8, 4) is 11.7 Å². The van der Waals surface area contributed by atoms with E-state index in [2.05, 4.69) is 34.7 Å². The van der Waals surface area contributed by atoms with Gasteiger partial charge in [0.1, 0.15) is 0 Å². The van der Waals surface area contributed by atoms with Crippen molar-refractivity contribution in [1.82, 2.24) is 25.2 Å². The Hall–Kier alpha value is -1.96. The quantitative estimate of drug-likeness (QED) is 0.769. The van der Waals surface area contributed by atoms with Crippen LogP contribution in [0.4, 0.5) is 6.01 Å². The van der Waals surface area contributed by atoms with Crippen LogP contribution in [0.15, 0.2) is 15.3 Å². The zero-order valence-corrected chi connectivity index (χ0v) is 10.4. The second kappa shape index (κ2) is 4.30. The predicted octanol–water partition coefficient (Wildman–Crippen LogP) is 0.404. The first kappa shape index (κ1) is 10.9. The van der Waals surface area contributed by atoms with Gasteiger partial charge in [-0.05, 0) is 12.8 Å². The molecular weight excluding hydrogens is 248 g/mol. The van der Waals surface area contributed by atoms with Gasteiger partial charge >= 0.3 is 6.01 Å². The fourth-order valence-electron chi connectivity index (χ4n) is 2.82. The molecule has 19 heavy (non-hydrogen) atoms. The average Bonchev–Trinajstić information content (AvgIpc) is 3.05. The summed E-state index contributed by atoms with van der Waals surface area (Å²) in [7, 11) is 0. The molecule has 0 radical (unpaired) electrons. The molecule has 3 saturated heterocycles. The molecule has 2 aromatic rings. The van der Waals surface area contributed by atoms with E-state index in [1.807, 2.05) is 0 Å². The van der Waals surface area contributed by atoms with Crippen LogP contribution in [0.3, 0.4) is 0 Å². The minimum absolute atomic E-state index is 0.308. The van der Waals surface area contributed by atoms with Crippen LogP contribution in [-0.4, -0.2) is 57.5 Å². The van der Waals surface area contributed by atoms with Crippen molar-refractivity contribution < 1.29 is 8.94 Å². The molecule has 5 rings (SSSR count). The van der Waals surface area contributed by atoms with E-state index in [0.29, 0.717) is 23.8 Å². The zero-order valence-electron chi connectivity index (χ0n) is 10.4. The maximum Gasteiger partial charge on any atom is 0.318 e. The second-order valence-corrected chi connectivity index (χ2v) is 4.91. The van der Waals surface area contributed by atoms with E-state index >= 15 is 0 Å². The molecule has 0 atom stereocenters. The van der Waals surface area contributed by atoms with Gasteiger partial charge in [-0.3, -0.25) is 0 Å². The van der Waals surface area contributed by atoms with Crippen molar-refractivity contribution in [2.45, 2.75) is 18.9 Å². The number of hydrogen-bond acceptors (Lipinski definition) is 8. The average molecular weight is 262 g/mol. The highest BCUT2D eigenvalue weighted by Gasteiger charge is 2.32. The lowest BCUT2D eigenvalue weighted by Gasteiger charge is -2.29. The number of aromatic nitrogens is 4. The summed E-state index contributed by atoms with van der Waals surface area (Å²) in [5.74, 6) is 0.643. The van der Waals surface area contributed by atoms with Crippen molar-refractivity contribution in [3.63, 3.8) is 0 Å². The van der Waals surface area contributed by atoms with Gasteiger partial charge in [0.05, 0.1) is 0 Å². The maximum atomic E-state index is 5.67. The molecule has 100 valence electrons. The van der Waals surface area contributed by atoms with Gasteiger partial charge in [0, 0.05) is 32.2 Å². The lowest BCUT2D eigenvalue weighted by molar-refractivity contribution is 0.249. The minimum atomic E-state index is 0.308. The number of hydrogen-bond donors (Lipinski definition) is 0. The predicted molar refractivity (Wildman–Crippen MR) is 64.4 cm³/mol. The molecule has 3 fully saturated rings. The third-order valence-electron chi connectivity index (χ3n) is 3.87. The van der Waals surface area contributed by atoms with Crippen LogP contribution in [0.1, 0.15) is 12.8 Å². The molecule has 0 aromatic carbocycles. The van der Waals surface area contributed by atoms with Crippen LogP contribution in [0.2, 0.25) is 0 Å². The molecular formula is C11H14N6O2. The number of fused-ring (bicyclic) bond motifs is 4. The summed E-state index contributed by atoms with van der Waals surface area (Å²) in [5, 5.41) is 11.8. The van der Waals surface area contributed by atoms with Gasteiger partial charge in [-0.2, -0.15) is 4.98 Å². The van der Waals surface area contributed by atoms with Gasteiger partial charge in [-0.1, -0.05) is 10.3 Å². The zero-order chi connectivity index (χ0) is 12.7. The molecule has 0 unspecified atom stereocenters. The Labute approximate surface area is 109 Å². The van der Waals surface area contributed by atoms with Crippen LogP contribution in [0.25, 0.3) is 11.7 Å². The highest BCUT2D eigenvalue weighted by Crippen LogP contribution is 2.27. The summed E-state index contributed by atoms with van der Waals surface area (Å²) >= 11 is 0. The fraction of sp³-hybridized carbons (Fsp3) is 0.636. The summed E-state index contributed by atoms with van der Waals surface area (Å²) in [6.45, 7) is 4.30. The van der Waals surface area contributed by atoms with Gasteiger partial charge in [0.2, 0.25) is 6.39 Å². The molecule has 0 saturated carbocycles. The molecule has 5 heterocycles. The Balaban J connectivity index is 1.62. The summed E-state index contributed by atoms with van der Waals surface area (Å²) in [5.41, 5.74) is 0. The molecule has 8 heteroatoms. The summed E-state index contributed by atoms with van der Waals surface area (Å²) < 4.78 is 10.4. The SMILES string of the molecule is c1nc(-c2nnc(N3CCN4CCC3CC4)o2)no1. The minimum Gasteiger partial charge on any atom is -0.400 e. The summed E-state index contributed by atoms with van der Waals surface area (Å²) in [6, 6.07) is 1.06. The molecule has 2 bridgehead atoms. The molecule has 8 nitrogen and oxygen atoms in total. The van der Waals surface area contributed by atoms with E-state index < -0.39 is 0 Å². The van der Waals surface area contributed by atoms with Crippen LogP contribution in [0, 0.1) is 0 Å². The lowest BCUT2D eigenvalue weighted by atomic mass is 10.1. The smallest absolute Gasteiger partial charge is 0.318 e. The number of piperidine rings is 1. The first-order valence-corrected chi connectivity index (χ1v) is 6.49. The highest BCUT2D eigenvalue weighted by molar-refractivity contribution is 5.41. The van der Waals surface area contributed by atoms with Crippen LogP contribution in [-0.2, 0) is 0 Å². The maximum absolute atomic E-state index is 5.67. The van der Waals surface area contributed by atoms with Gasteiger partial charge in [-0.25, -0.2) is 0 Å². The third kappa shape index (κ3) is 1.88. The Morgan fingerprint density at radius 3 is 2.79 bits per heavy atom. The van der Waals surface area contributed by atoms with Crippen molar-refractivity contribution in [1.29, 1.82) is 0 Å². The van der Waals surface area contributed by atoms with E-state index in [9.17, 15) is 0 Å². The van der Waals surface area contributed by atoms with E-state index in [0.717, 1.165) is 39.0 Å². The summed E-state index contributed by atoms with van der Waals surface area (Å²) in [6.07, 6.45) is 3.56. The van der Waals surface area contributed by atoms with Crippen LogP contribution >= 0.6 is 0 Å². The fourth-order valence-corrected chi connectivity index (χ4v) is 2.82. The molecule has 0 aliphatic carbocycles. The molecule has 3 aliphatic heterocycles. The van der Waals surface area contributed by atoms with Crippen molar-refractivity contribution in [3.05, 3.63) is 6.39 Å². The van der Waals surface area contributed by atoms with Gasteiger partial charge in [-0.15, -0.1) is 5.10 Å². The normalized spacial score (nSPS) is 26.6. The Morgan fingerprint density at radius 1 is 1.11 bits per heavy atom. The van der Waals surface area contributed by atoms with Crippen LogP contribution < -0.4 is 4.90 Å². The number of rotatable bonds is 2. The largest absolute Gasteiger partial charge is 0.400 e. The Bertz CT molecular complexity index is 545. The molecule has 3 aliphatic rings.